The Morgan fingerprint density at radius 1 is 1.11 bits per heavy atom. The molecule has 3 amide bonds. The number of piperidine rings is 1. The number of nitrogens with zero attached hydrogens (tertiary/aromatic N) is 1. The molecule has 0 spiro atoms. The summed E-state index contributed by atoms with van der Waals surface area (Å²) in [7, 11) is 0. The molecule has 1 saturated heterocycles. The van der Waals surface area contributed by atoms with E-state index >= 15 is 0 Å². The average Bonchev–Trinajstić information content (AvgIpc) is 2.70. The van der Waals surface area contributed by atoms with Gasteiger partial charge in [0.1, 0.15) is 0 Å². The van der Waals surface area contributed by atoms with Crippen molar-refractivity contribution in [3.05, 3.63) is 42.0 Å². The molecule has 150 valence electrons. The van der Waals surface area contributed by atoms with Crippen molar-refractivity contribution in [2.24, 2.45) is 17.6 Å². The third-order valence-electron chi connectivity index (χ3n) is 4.89. The summed E-state index contributed by atoms with van der Waals surface area (Å²) in [6.45, 7) is 4.41. The van der Waals surface area contributed by atoms with Gasteiger partial charge in [0.15, 0.2) is 0 Å². The van der Waals surface area contributed by atoms with Crippen molar-refractivity contribution in [3.8, 4) is 0 Å². The second-order valence-electron chi connectivity index (χ2n) is 7.30. The van der Waals surface area contributed by atoms with Gasteiger partial charge in [0.05, 0.1) is 6.04 Å². The van der Waals surface area contributed by atoms with Crippen LogP contribution in [0.5, 0.6) is 0 Å². The molecule has 3 N–H and O–H groups in total. The number of hydrogen-bond donors (Lipinski definition) is 2. The molecule has 1 atom stereocenters. The molecule has 1 unspecified atom stereocenters. The van der Waals surface area contributed by atoms with E-state index in [1.807, 2.05) is 30.3 Å². The number of ketones is 1. The lowest BCUT2D eigenvalue weighted by molar-refractivity contribution is -0.140. The van der Waals surface area contributed by atoms with Crippen molar-refractivity contribution in [2.75, 3.05) is 13.1 Å². The van der Waals surface area contributed by atoms with Crippen LogP contribution in [-0.2, 0) is 19.2 Å². The molecule has 1 aromatic rings. The van der Waals surface area contributed by atoms with E-state index in [2.05, 4.69) is 5.32 Å². The molecule has 1 heterocycles. The van der Waals surface area contributed by atoms with Gasteiger partial charge in [-0.2, -0.15) is 0 Å². The van der Waals surface area contributed by atoms with Crippen molar-refractivity contribution < 1.29 is 19.2 Å². The summed E-state index contributed by atoms with van der Waals surface area (Å²) in [5.41, 5.74) is 6.01. The molecule has 0 radical (unpaired) electrons. The number of nitrogens with one attached hydrogen (secondary N) is 1. The topological polar surface area (TPSA) is 110 Å². The summed E-state index contributed by atoms with van der Waals surface area (Å²) in [4.78, 5) is 49.6. The highest BCUT2D eigenvalue weighted by Crippen LogP contribution is 2.19. The number of benzene rings is 1. The molecule has 0 aromatic heterocycles. The second-order valence-corrected chi connectivity index (χ2v) is 7.30. The van der Waals surface area contributed by atoms with Crippen molar-refractivity contribution >= 4 is 29.6 Å². The first-order valence-electron chi connectivity index (χ1n) is 9.45. The lowest BCUT2D eigenvalue weighted by atomic mass is 9.93. The summed E-state index contributed by atoms with van der Waals surface area (Å²) in [5.74, 6) is -2.75. The Balaban J connectivity index is 1.87. The highest BCUT2D eigenvalue weighted by molar-refractivity contribution is 6.37. The Labute approximate surface area is 165 Å². The minimum Gasteiger partial charge on any atom is -0.363 e. The highest BCUT2D eigenvalue weighted by atomic mass is 16.2. The van der Waals surface area contributed by atoms with Gasteiger partial charge in [-0.15, -0.1) is 0 Å². The van der Waals surface area contributed by atoms with Gasteiger partial charge in [0, 0.05) is 25.1 Å². The van der Waals surface area contributed by atoms with E-state index in [4.69, 9.17) is 5.73 Å². The maximum atomic E-state index is 12.5. The van der Waals surface area contributed by atoms with Gasteiger partial charge in [0.2, 0.25) is 17.6 Å². The molecule has 1 aliphatic rings. The third kappa shape index (κ3) is 5.77. The molecule has 0 bridgehead atoms. The van der Waals surface area contributed by atoms with Crippen LogP contribution in [0.15, 0.2) is 36.4 Å². The Kier molecular flexibility index (Phi) is 7.49. The highest BCUT2D eigenvalue weighted by Gasteiger charge is 2.32. The number of likely N-dealkylation sites (tertiary alicyclic amines) is 1. The predicted molar refractivity (Wildman–Crippen MR) is 106 cm³/mol. The zero-order chi connectivity index (χ0) is 20.7. The van der Waals surface area contributed by atoms with Crippen LogP contribution in [0.3, 0.4) is 0 Å². The molecular formula is C21H27N3O4. The minimum absolute atomic E-state index is 0.0910. The molecule has 1 aromatic carbocycles. The van der Waals surface area contributed by atoms with Crippen LogP contribution in [0, 0.1) is 11.8 Å². The standard InChI is InChI=1S/C21H27N3O4/c1-14(2)18(19(26)20(22)27)23-21(28)16-10-12-24(13-11-16)17(25)9-8-15-6-4-3-5-7-15/h3-9,14,16,18H,10-13H2,1-2H3,(H2,22,27)(H,23,28)/b9-8+. The second kappa shape index (κ2) is 9.82. The lowest BCUT2D eigenvalue weighted by Crippen LogP contribution is -2.52. The van der Waals surface area contributed by atoms with Crippen molar-refractivity contribution in [1.82, 2.24) is 10.2 Å². The Morgan fingerprint density at radius 2 is 1.71 bits per heavy atom. The van der Waals surface area contributed by atoms with Gasteiger partial charge in [-0.1, -0.05) is 44.2 Å². The van der Waals surface area contributed by atoms with E-state index in [0.717, 1.165) is 5.56 Å². The van der Waals surface area contributed by atoms with Gasteiger partial charge < -0.3 is 16.0 Å². The van der Waals surface area contributed by atoms with Crippen LogP contribution in [0.1, 0.15) is 32.3 Å². The summed E-state index contributed by atoms with van der Waals surface area (Å²) in [6, 6.07) is 8.63. The maximum absolute atomic E-state index is 12.5. The number of carbonyl (C=O) groups is 4. The Morgan fingerprint density at radius 3 is 2.25 bits per heavy atom. The average molecular weight is 385 g/mol. The molecule has 1 fully saturated rings. The zero-order valence-electron chi connectivity index (χ0n) is 16.3. The third-order valence-corrected chi connectivity index (χ3v) is 4.89. The molecule has 1 aliphatic heterocycles. The van der Waals surface area contributed by atoms with Crippen LogP contribution >= 0.6 is 0 Å². The van der Waals surface area contributed by atoms with Crippen molar-refractivity contribution in [1.29, 1.82) is 0 Å². The van der Waals surface area contributed by atoms with Crippen LogP contribution in [-0.4, -0.2) is 47.5 Å². The van der Waals surface area contributed by atoms with Gasteiger partial charge in [-0.3, -0.25) is 19.2 Å². The smallest absolute Gasteiger partial charge is 0.287 e. The maximum Gasteiger partial charge on any atom is 0.287 e. The number of hydrogen-bond acceptors (Lipinski definition) is 4. The lowest BCUT2D eigenvalue weighted by Gasteiger charge is -2.31. The SMILES string of the molecule is CC(C)C(NC(=O)C1CCN(C(=O)/C=C/c2ccccc2)CC1)C(=O)C(N)=O. The van der Waals surface area contributed by atoms with Gasteiger partial charge in [0.25, 0.3) is 5.91 Å². The van der Waals surface area contributed by atoms with Crippen LogP contribution in [0.4, 0.5) is 0 Å². The van der Waals surface area contributed by atoms with E-state index < -0.39 is 17.7 Å². The minimum atomic E-state index is -1.05. The normalized spacial score (nSPS) is 16.2. The van der Waals surface area contributed by atoms with E-state index in [0.29, 0.717) is 25.9 Å². The first-order chi connectivity index (χ1) is 13.3. The van der Waals surface area contributed by atoms with E-state index in [1.165, 1.54) is 6.08 Å². The van der Waals surface area contributed by atoms with Gasteiger partial charge >= 0.3 is 0 Å². The predicted octanol–water partition coefficient (Wildman–Crippen LogP) is 1.13. The summed E-state index contributed by atoms with van der Waals surface area (Å²) >= 11 is 0. The van der Waals surface area contributed by atoms with E-state index in [9.17, 15) is 19.2 Å². The summed E-state index contributed by atoms with van der Waals surface area (Å²) < 4.78 is 0. The van der Waals surface area contributed by atoms with Crippen LogP contribution in [0.25, 0.3) is 6.08 Å². The first-order valence-corrected chi connectivity index (χ1v) is 9.45. The van der Waals surface area contributed by atoms with E-state index in [1.54, 1.807) is 24.8 Å². The Bertz CT molecular complexity index is 750. The first kappa shape index (κ1) is 21.3. The molecular weight excluding hydrogens is 358 g/mol. The number of primary amides is 1. The molecule has 7 nitrogen and oxygen atoms in total. The van der Waals surface area contributed by atoms with E-state index in [-0.39, 0.29) is 23.7 Å². The summed E-state index contributed by atoms with van der Waals surface area (Å²) in [5, 5.41) is 2.65. The largest absolute Gasteiger partial charge is 0.363 e. The van der Waals surface area contributed by atoms with Crippen LogP contribution < -0.4 is 11.1 Å². The Hall–Kier alpha value is -2.96. The fourth-order valence-electron chi connectivity index (χ4n) is 3.16. The monoisotopic (exact) mass is 385 g/mol. The van der Waals surface area contributed by atoms with Gasteiger partial charge in [-0.25, -0.2) is 0 Å². The number of carbonyl (C=O) groups excluding carboxylic acids is 4. The molecule has 2 rings (SSSR count). The molecule has 0 aliphatic carbocycles. The van der Waals surface area contributed by atoms with Gasteiger partial charge in [-0.05, 0) is 30.4 Å². The quantitative estimate of drug-likeness (QED) is 0.542. The fraction of sp³-hybridized carbons (Fsp3) is 0.429. The summed E-state index contributed by atoms with van der Waals surface area (Å²) in [6.07, 6.45) is 4.32. The van der Waals surface area contributed by atoms with Crippen LogP contribution in [0.2, 0.25) is 0 Å². The van der Waals surface area contributed by atoms with Crippen molar-refractivity contribution in [3.63, 3.8) is 0 Å². The number of rotatable bonds is 7. The molecule has 7 heteroatoms. The fourth-order valence-corrected chi connectivity index (χ4v) is 3.16. The number of Topliss-reactive ketones (excluding diaryl/α,β-unsaturated/α-hetero) is 1. The molecule has 0 saturated carbocycles. The number of nitrogens with two attached hydrogens (primary N) is 1. The zero-order valence-corrected chi connectivity index (χ0v) is 16.3. The number of amides is 3. The molecule has 28 heavy (non-hydrogen) atoms. The van der Waals surface area contributed by atoms with Crippen molar-refractivity contribution in [2.45, 2.75) is 32.7 Å².